The van der Waals surface area contributed by atoms with Crippen LogP contribution in [0.5, 0.6) is 0 Å². The third-order valence-corrected chi connectivity index (χ3v) is 2.01. The molecular weight excluding hydrogens is 150 g/mol. The SMILES string of the molecule is Cc1cccc2cc[nH]c(=O)c12. The minimum atomic E-state index is -0.00870. The van der Waals surface area contributed by atoms with Crippen LogP contribution in [0, 0.1) is 6.92 Å². The lowest BCUT2D eigenvalue weighted by Crippen LogP contribution is -2.05. The van der Waals surface area contributed by atoms with Crippen molar-refractivity contribution >= 4 is 10.8 Å². The highest BCUT2D eigenvalue weighted by molar-refractivity contribution is 5.84. The van der Waals surface area contributed by atoms with E-state index in [1.165, 1.54) is 0 Å². The van der Waals surface area contributed by atoms with E-state index >= 15 is 0 Å². The van der Waals surface area contributed by atoms with E-state index in [1.807, 2.05) is 31.2 Å². The third kappa shape index (κ3) is 0.925. The average Bonchev–Trinajstić information content (AvgIpc) is 2.04. The molecule has 0 aliphatic rings. The van der Waals surface area contributed by atoms with E-state index < -0.39 is 0 Å². The molecule has 1 N–H and O–H groups in total. The van der Waals surface area contributed by atoms with Crippen LogP contribution >= 0.6 is 0 Å². The van der Waals surface area contributed by atoms with Crippen LogP contribution in [0.4, 0.5) is 0 Å². The van der Waals surface area contributed by atoms with Crippen LogP contribution in [-0.4, -0.2) is 4.98 Å². The van der Waals surface area contributed by atoms with Gasteiger partial charge in [0.25, 0.3) is 5.56 Å². The van der Waals surface area contributed by atoms with E-state index in [1.54, 1.807) is 6.20 Å². The summed E-state index contributed by atoms with van der Waals surface area (Å²) >= 11 is 0. The molecule has 0 saturated carbocycles. The zero-order valence-electron chi connectivity index (χ0n) is 6.79. The molecule has 0 saturated heterocycles. The first-order valence-corrected chi connectivity index (χ1v) is 3.86. The Morgan fingerprint density at radius 2 is 2.08 bits per heavy atom. The highest BCUT2D eigenvalue weighted by Crippen LogP contribution is 2.11. The number of rotatable bonds is 0. The number of aromatic nitrogens is 1. The summed E-state index contributed by atoms with van der Waals surface area (Å²) in [6, 6.07) is 7.75. The summed E-state index contributed by atoms with van der Waals surface area (Å²) in [5, 5.41) is 1.79. The molecule has 2 heteroatoms. The van der Waals surface area contributed by atoms with Crippen molar-refractivity contribution in [2.45, 2.75) is 6.92 Å². The van der Waals surface area contributed by atoms with Crippen LogP contribution < -0.4 is 5.56 Å². The van der Waals surface area contributed by atoms with Crippen LogP contribution in [-0.2, 0) is 0 Å². The number of hydrogen-bond donors (Lipinski definition) is 1. The van der Waals surface area contributed by atoms with Crippen molar-refractivity contribution in [2.24, 2.45) is 0 Å². The van der Waals surface area contributed by atoms with E-state index in [0.29, 0.717) is 0 Å². The summed E-state index contributed by atoms with van der Waals surface area (Å²) < 4.78 is 0. The molecule has 1 aromatic heterocycles. The molecule has 0 radical (unpaired) electrons. The molecule has 0 amide bonds. The lowest BCUT2D eigenvalue weighted by molar-refractivity contribution is 1.27. The summed E-state index contributed by atoms with van der Waals surface area (Å²) in [5.41, 5.74) is 1.01. The smallest absolute Gasteiger partial charge is 0.256 e. The molecule has 2 aromatic rings. The van der Waals surface area contributed by atoms with Gasteiger partial charge in [-0.2, -0.15) is 0 Å². The molecule has 0 atom stereocenters. The zero-order valence-corrected chi connectivity index (χ0v) is 6.79. The van der Waals surface area contributed by atoms with E-state index in [4.69, 9.17) is 0 Å². The Bertz CT molecular complexity index is 465. The summed E-state index contributed by atoms with van der Waals surface area (Å²) in [6.45, 7) is 1.94. The van der Waals surface area contributed by atoms with Crippen molar-refractivity contribution < 1.29 is 0 Å². The minimum absolute atomic E-state index is 0.00870. The molecule has 0 spiro atoms. The van der Waals surface area contributed by atoms with Crippen LogP contribution in [0.15, 0.2) is 35.3 Å². The molecule has 0 bridgehead atoms. The third-order valence-electron chi connectivity index (χ3n) is 2.01. The van der Waals surface area contributed by atoms with Gasteiger partial charge in [-0.25, -0.2) is 0 Å². The van der Waals surface area contributed by atoms with Gasteiger partial charge in [-0.3, -0.25) is 4.79 Å². The van der Waals surface area contributed by atoms with Crippen molar-refractivity contribution in [1.82, 2.24) is 4.98 Å². The minimum Gasteiger partial charge on any atom is -0.329 e. The van der Waals surface area contributed by atoms with Crippen LogP contribution in [0.3, 0.4) is 0 Å². The molecule has 0 fully saturated rings. The number of H-pyrrole nitrogens is 1. The van der Waals surface area contributed by atoms with Gasteiger partial charge in [-0.15, -0.1) is 0 Å². The molecule has 0 aliphatic carbocycles. The van der Waals surface area contributed by atoms with E-state index in [-0.39, 0.29) is 5.56 Å². The fourth-order valence-electron chi connectivity index (χ4n) is 1.42. The summed E-state index contributed by atoms with van der Waals surface area (Å²) in [6.07, 6.45) is 1.67. The Kier molecular flexibility index (Phi) is 1.47. The Labute approximate surface area is 69.9 Å². The van der Waals surface area contributed by atoms with Gasteiger partial charge >= 0.3 is 0 Å². The van der Waals surface area contributed by atoms with Gasteiger partial charge in [0.15, 0.2) is 0 Å². The number of aromatic amines is 1. The van der Waals surface area contributed by atoms with Gasteiger partial charge in [0.2, 0.25) is 0 Å². The second kappa shape index (κ2) is 2.48. The molecule has 1 heterocycles. The molecule has 0 aliphatic heterocycles. The van der Waals surface area contributed by atoms with Crippen LogP contribution in [0.2, 0.25) is 0 Å². The van der Waals surface area contributed by atoms with Crippen molar-refractivity contribution in [3.8, 4) is 0 Å². The summed E-state index contributed by atoms with van der Waals surface area (Å²) in [5.74, 6) is 0. The second-order valence-corrected chi connectivity index (χ2v) is 2.85. The number of fused-ring (bicyclic) bond motifs is 1. The van der Waals surface area contributed by atoms with Gasteiger partial charge in [-0.05, 0) is 23.9 Å². The number of benzene rings is 1. The largest absolute Gasteiger partial charge is 0.329 e. The van der Waals surface area contributed by atoms with E-state index in [9.17, 15) is 4.79 Å². The number of hydrogen-bond acceptors (Lipinski definition) is 1. The first-order chi connectivity index (χ1) is 5.79. The highest BCUT2D eigenvalue weighted by Gasteiger charge is 1.98. The Morgan fingerprint density at radius 1 is 1.25 bits per heavy atom. The predicted octanol–water partition coefficient (Wildman–Crippen LogP) is 1.84. The maximum atomic E-state index is 11.3. The Hall–Kier alpha value is -1.57. The van der Waals surface area contributed by atoms with Crippen molar-refractivity contribution in [3.63, 3.8) is 0 Å². The lowest BCUT2D eigenvalue weighted by atomic mass is 10.1. The first kappa shape index (κ1) is 7.10. The van der Waals surface area contributed by atoms with E-state index in [0.717, 1.165) is 16.3 Å². The summed E-state index contributed by atoms with van der Waals surface area (Å²) in [4.78, 5) is 14.0. The molecule has 2 rings (SSSR count). The molecule has 12 heavy (non-hydrogen) atoms. The Balaban J connectivity index is 3.07. The fraction of sp³-hybridized carbons (Fsp3) is 0.100. The number of nitrogens with one attached hydrogen (secondary N) is 1. The maximum absolute atomic E-state index is 11.3. The molecular formula is C10H9NO. The van der Waals surface area contributed by atoms with Crippen molar-refractivity contribution in [3.05, 3.63) is 46.4 Å². The average molecular weight is 159 g/mol. The number of pyridine rings is 1. The summed E-state index contributed by atoms with van der Waals surface area (Å²) in [7, 11) is 0. The van der Waals surface area contributed by atoms with E-state index in [2.05, 4.69) is 4.98 Å². The van der Waals surface area contributed by atoms with Gasteiger partial charge in [0.05, 0.1) is 0 Å². The van der Waals surface area contributed by atoms with Crippen LogP contribution in [0.25, 0.3) is 10.8 Å². The standard InChI is InChI=1S/C10H9NO/c1-7-3-2-4-8-5-6-11-10(12)9(7)8/h2-6H,1H3,(H,11,12). The van der Waals surface area contributed by atoms with Crippen LogP contribution in [0.1, 0.15) is 5.56 Å². The number of aryl methyl sites for hydroxylation is 1. The monoisotopic (exact) mass is 159 g/mol. The van der Waals surface area contributed by atoms with Crippen molar-refractivity contribution in [1.29, 1.82) is 0 Å². The van der Waals surface area contributed by atoms with Gasteiger partial charge in [0.1, 0.15) is 0 Å². The fourth-order valence-corrected chi connectivity index (χ4v) is 1.42. The van der Waals surface area contributed by atoms with Gasteiger partial charge in [-0.1, -0.05) is 18.2 Å². The molecule has 0 unspecified atom stereocenters. The quantitative estimate of drug-likeness (QED) is 0.625. The normalized spacial score (nSPS) is 10.4. The zero-order chi connectivity index (χ0) is 8.55. The van der Waals surface area contributed by atoms with Gasteiger partial charge in [0, 0.05) is 11.6 Å². The topological polar surface area (TPSA) is 32.9 Å². The first-order valence-electron chi connectivity index (χ1n) is 3.86. The highest BCUT2D eigenvalue weighted by atomic mass is 16.1. The predicted molar refractivity (Wildman–Crippen MR) is 49.3 cm³/mol. The lowest BCUT2D eigenvalue weighted by Gasteiger charge is -1.98. The molecule has 2 nitrogen and oxygen atoms in total. The molecule has 60 valence electrons. The maximum Gasteiger partial charge on any atom is 0.256 e. The van der Waals surface area contributed by atoms with Crippen molar-refractivity contribution in [2.75, 3.05) is 0 Å². The van der Waals surface area contributed by atoms with Gasteiger partial charge < -0.3 is 4.98 Å². The second-order valence-electron chi connectivity index (χ2n) is 2.85. The molecule has 1 aromatic carbocycles. The Morgan fingerprint density at radius 3 is 2.83 bits per heavy atom.